The van der Waals surface area contributed by atoms with E-state index in [1.807, 2.05) is 6.07 Å². The van der Waals surface area contributed by atoms with Crippen molar-refractivity contribution in [1.29, 1.82) is 0 Å². The van der Waals surface area contributed by atoms with E-state index in [-0.39, 0.29) is 5.41 Å². The van der Waals surface area contributed by atoms with Gasteiger partial charge in [0.15, 0.2) is 0 Å². The van der Waals surface area contributed by atoms with E-state index in [2.05, 4.69) is 6.92 Å². The first kappa shape index (κ1) is 14.5. The molecule has 19 heavy (non-hydrogen) atoms. The number of methoxy groups -OCH3 is 2. The van der Waals surface area contributed by atoms with Crippen molar-refractivity contribution >= 4 is 11.6 Å². The van der Waals surface area contributed by atoms with Gasteiger partial charge in [0.1, 0.15) is 16.5 Å². The minimum absolute atomic E-state index is 0.0921. The van der Waals surface area contributed by atoms with Gasteiger partial charge < -0.3 is 14.6 Å². The Morgan fingerprint density at radius 3 is 2.37 bits per heavy atom. The molecule has 0 radical (unpaired) electrons. The van der Waals surface area contributed by atoms with Crippen LogP contribution < -0.4 is 9.47 Å². The minimum Gasteiger partial charge on any atom is -0.495 e. The van der Waals surface area contributed by atoms with Crippen molar-refractivity contribution < 1.29 is 14.6 Å². The lowest BCUT2D eigenvalue weighted by Crippen LogP contribution is -2.22. The fourth-order valence-electron chi connectivity index (χ4n) is 2.96. The Balaban J connectivity index is 2.41. The second kappa shape index (κ2) is 5.59. The predicted molar refractivity (Wildman–Crippen MR) is 76.1 cm³/mol. The highest BCUT2D eigenvalue weighted by Crippen LogP contribution is 2.50. The Morgan fingerprint density at radius 1 is 1.21 bits per heavy atom. The normalized spacial score (nSPS) is 19.2. The lowest BCUT2D eigenvalue weighted by atomic mass is 9.79. The van der Waals surface area contributed by atoms with Crippen LogP contribution in [0.15, 0.2) is 12.1 Å². The molecule has 4 heteroatoms. The van der Waals surface area contributed by atoms with E-state index in [4.69, 9.17) is 21.1 Å². The molecule has 1 aromatic rings. The molecule has 106 valence electrons. The molecule has 2 rings (SSSR count). The van der Waals surface area contributed by atoms with E-state index in [1.165, 1.54) is 12.8 Å². The van der Waals surface area contributed by atoms with Crippen molar-refractivity contribution in [3.05, 3.63) is 22.7 Å². The highest BCUT2D eigenvalue weighted by molar-refractivity contribution is 6.33. The van der Waals surface area contributed by atoms with Crippen LogP contribution in [0.3, 0.4) is 0 Å². The van der Waals surface area contributed by atoms with Gasteiger partial charge in [-0.3, -0.25) is 0 Å². The van der Waals surface area contributed by atoms with Crippen LogP contribution >= 0.6 is 11.6 Å². The van der Waals surface area contributed by atoms with Gasteiger partial charge in [-0.25, -0.2) is 0 Å². The number of aliphatic hydroxyl groups is 1. The zero-order valence-corrected chi connectivity index (χ0v) is 12.5. The van der Waals surface area contributed by atoms with Gasteiger partial charge in [0, 0.05) is 5.56 Å². The lowest BCUT2D eigenvalue weighted by molar-refractivity contribution is 0.0388. The van der Waals surface area contributed by atoms with Crippen LogP contribution in [0.2, 0.25) is 5.02 Å². The molecule has 1 aliphatic rings. The van der Waals surface area contributed by atoms with Gasteiger partial charge in [-0.2, -0.15) is 0 Å². The van der Waals surface area contributed by atoms with Gasteiger partial charge in [-0.05, 0) is 30.4 Å². The maximum absolute atomic E-state index is 10.7. The first-order valence-electron chi connectivity index (χ1n) is 6.62. The average molecular weight is 285 g/mol. The maximum Gasteiger partial charge on any atom is 0.147 e. The third kappa shape index (κ3) is 2.54. The monoisotopic (exact) mass is 284 g/mol. The molecule has 1 aromatic carbocycles. The molecule has 3 nitrogen and oxygen atoms in total. The van der Waals surface area contributed by atoms with Crippen molar-refractivity contribution in [3.8, 4) is 11.5 Å². The average Bonchev–Trinajstić information content (AvgIpc) is 2.85. The summed E-state index contributed by atoms with van der Waals surface area (Å²) < 4.78 is 10.6. The van der Waals surface area contributed by atoms with Crippen LogP contribution in [-0.2, 0) is 0 Å². The minimum atomic E-state index is -0.562. The maximum atomic E-state index is 10.7. The predicted octanol–water partition coefficient (Wildman–Crippen LogP) is 3.97. The molecule has 0 saturated heterocycles. The van der Waals surface area contributed by atoms with Gasteiger partial charge in [0.05, 0.1) is 20.3 Å². The second-order valence-corrected chi connectivity index (χ2v) is 5.85. The number of benzene rings is 1. The van der Waals surface area contributed by atoms with Gasteiger partial charge >= 0.3 is 0 Å². The number of halogens is 1. The van der Waals surface area contributed by atoms with Crippen LogP contribution in [-0.4, -0.2) is 19.3 Å². The Kier molecular flexibility index (Phi) is 4.26. The van der Waals surface area contributed by atoms with E-state index < -0.39 is 6.10 Å². The van der Waals surface area contributed by atoms with Gasteiger partial charge in [-0.15, -0.1) is 0 Å². The molecular weight excluding hydrogens is 264 g/mol. The highest BCUT2D eigenvalue weighted by atomic mass is 35.5. The van der Waals surface area contributed by atoms with Crippen LogP contribution in [0.1, 0.15) is 44.3 Å². The molecule has 1 atom stereocenters. The molecule has 1 N–H and O–H groups in total. The highest BCUT2D eigenvalue weighted by Gasteiger charge is 2.38. The van der Waals surface area contributed by atoms with E-state index in [9.17, 15) is 5.11 Å². The van der Waals surface area contributed by atoms with E-state index in [0.29, 0.717) is 16.5 Å². The summed E-state index contributed by atoms with van der Waals surface area (Å²) in [6.45, 7) is 2.13. The Hall–Kier alpha value is -0.930. The van der Waals surface area contributed by atoms with Gasteiger partial charge in [0.25, 0.3) is 0 Å². The number of hydrogen-bond donors (Lipinski definition) is 1. The number of aliphatic hydroxyl groups excluding tert-OH is 1. The zero-order valence-electron chi connectivity index (χ0n) is 11.7. The van der Waals surface area contributed by atoms with E-state index >= 15 is 0 Å². The molecule has 0 bridgehead atoms. The Morgan fingerprint density at radius 2 is 1.84 bits per heavy atom. The summed E-state index contributed by atoms with van der Waals surface area (Å²) in [5.74, 6) is 1.08. The standard InChI is InChI=1S/C15H21ClO3/c1-15(8-4-5-9-15)14(17)10-6-7-11(18-2)12(16)13(10)19-3/h6-7,14,17H,4-5,8-9H2,1-3H3. The summed E-state index contributed by atoms with van der Waals surface area (Å²) in [6.07, 6.45) is 3.83. The first-order chi connectivity index (χ1) is 9.03. The smallest absolute Gasteiger partial charge is 0.147 e. The second-order valence-electron chi connectivity index (χ2n) is 5.47. The molecule has 0 spiro atoms. The fourth-order valence-corrected chi connectivity index (χ4v) is 3.29. The van der Waals surface area contributed by atoms with Gasteiger partial charge in [0.2, 0.25) is 0 Å². The molecule has 1 aliphatic carbocycles. The van der Waals surface area contributed by atoms with Crippen molar-refractivity contribution in [1.82, 2.24) is 0 Å². The molecule has 0 aliphatic heterocycles. The molecule has 0 aromatic heterocycles. The summed E-state index contributed by atoms with van der Waals surface area (Å²) in [5.41, 5.74) is 0.656. The third-order valence-electron chi connectivity index (χ3n) is 4.22. The summed E-state index contributed by atoms with van der Waals surface area (Å²) >= 11 is 6.25. The largest absolute Gasteiger partial charge is 0.495 e. The number of ether oxygens (including phenoxy) is 2. The summed E-state index contributed by atoms with van der Waals surface area (Å²) in [5, 5.41) is 11.1. The SMILES string of the molecule is COc1ccc(C(O)C2(C)CCCC2)c(OC)c1Cl. The van der Waals surface area contributed by atoms with E-state index in [0.717, 1.165) is 18.4 Å². The first-order valence-corrected chi connectivity index (χ1v) is 7.00. The lowest BCUT2D eigenvalue weighted by Gasteiger charge is -2.31. The zero-order chi connectivity index (χ0) is 14.0. The molecule has 1 unspecified atom stereocenters. The van der Waals surface area contributed by atoms with Crippen molar-refractivity contribution in [2.75, 3.05) is 14.2 Å². The van der Waals surface area contributed by atoms with Crippen LogP contribution in [0, 0.1) is 5.41 Å². The molecule has 0 amide bonds. The quantitative estimate of drug-likeness (QED) is 0.909. The summed E-state index contributed by atoms with van der Waals surface area (Å²) in [4.78, 5) is 0. The molecule has 0 heterocycles. The van der Waals surface area contributed by atoms with Crippen molar-refractivity contribution in [2.45, 2.75) is 38.7 Å². The molecular formula is C15H21ClO3. The fraction of sp³-hybridized carbons (Fsp3) is 0.600. The van der Waals surface area contributed by atoms with E-state index in [1.54, 1.807) is 20.3 Å². The van der Waals surface area contributed by atoms with Crippen molar-refractivity contribution in [2.24, 2.45) is 5.41 Å². The third-order valence-corrected chi connectivity index (χ3v) is 4.57. The number of hydrogen-bond acceptors (Lipinski definition) is 3. The van der Waals surface area contributed by atoms with Crippen LogP contribution in [0.5, 0.6) is 11.5 Å². The topological polar surface area (TPSA) is 38.7 Å². The Labute approximate surface area is 119 Å². The molecule has 1 saturated carbocycles. The van der Waals surface area contributed by atoms with Crippen LogP contribution in [0.25, 0.3) is 0 Å². The number of rotatable bonds is 4. The molecule has 1 fully saturated rings. The van der Waals surface area contributed by atoms with Gasteiger partial charge in [-0.1, -0.05) is 31.4 Å². The summed E-state index contributed by atoms with van der Waals surface area (Å²) in [6, 6.07) is 3.62. The van der Waals surface area contributed by atoms with Crippen LogP contribution in [0.4, 0.5) is 0 Å². The van der Waals surface area contributed by atoms with Crippen molar-refractivity contribution in [3.63, 3.8) is 0 Å². The Bertz CT molecular complexity index is 453. The summed E-state index contributed by atoms with van der Waals surface area (Å²) in [7, 11) is 3.13.